The lowest BCUT2D eigenvalue weighted by atomic mass is 10.2. The van der Waals surface area contributed by atoms with E-state index in [1.54, 1.807) is 42.5 Å². The van der Waals surface area contributed by atoms with Crippen molar-refractivity contribution in [3.63, 3.8) is 0 Å². The Morgan fingerprint density at radius 3 is 2.71 bits per heavy atom. The number of carboxylic acids is 1. The zero-order valence-electron chi connectivity index (χ0n) is 14.9. The van der Waals surface area contributed by atoms with Gasteiger partial charge in [0.25, 0.3) is 5.91 Å². The fourth-order valence-electron chi connectivity index (χ4n) is 2.48. The van der Waals surface area contributed by atoms with Crippen LogP contribution in [0, 0.1) is 5.82 Å². The zero-order valence-corrected chi connectivity index (χ0v) is 15.7. The maximum Gasteiger partial charge on any atom is 0.266 e. The topological polar surface area (TPSA) is 82.0 Å². The van der Waals surface area contributed by atoms with Gasteiger partial charge in [0.15, 0.2) is 5.17 Å². The molecule has 28 heavy (non-hydrogen) atoms. The Bertz CT molecular complexity index is 957. The van der Waals surface area contributed by atoms with E-state index in [1.165, 1.54) is 28.8 Å². The highest BCUT2D eigenvalue weighted by Gasteiger charge is 2.32. The van der Waals surface area contributed by atoms with Crippen LogP contribution >= 0.6 is 11.8 Å². The smallest absolute Gasteiger partial charge is 0.266 e. The molecule has 0 unspecified atom stereocenters. The number of carbonyl (C=O) groups is 2. The molecule has 1 heterocycles. The number of hydrogen-bond donors (Lipinski definition) is 0. The largest absolute Gasteiger partial charge is 0.546 e. The average Bonchev–Trinajstić information content (AvgIpc) is 2.96. The molecule has 2 aromatic rings. The first-order valence-electron chi connectivity index (χ1n) is 8.44. The van der Waals surface area contributed by atoms with Crippen LogP contribution in [0.3, 0.4) is 0 Å². The van der Waals surface area contributed by atoms with Gasteiger partial charge in [-0.05, 0) is 66.7 Å². The van der Waals surface area contributed by atoms with Crippen molar-refractivity contribution in [2.75, 3.05) is 13.2 Å². The second-order valence-electron chi connectivity index (χ2n) is 5.76. The quantitative estimate of drug-likeness (QED) is 0.698. The number of aliphatic carboxylic acids is 1. The number of aliphatic imine (C=N–C) groups is 1. The highest BCUT2D eigenvalue weighted by molar-refractivity contribution is 8.18. The van der Waals surface area contributed by atoms with E-state index in [-0.39, 0.29) is 11.7 Å². The molecule has 1 aliphatic heterocycles. The molecule has 8 heteroatoms. The molecule has 0 aliphatic carbocycles. The van der Waals surface area contributed by atoms with Crippen LogP contribution in [-0.2, 0) is 9.59 Å². The minimum Gasteiger partial charge on any atom is -0.546 e. The number of likely N-dealkylation sites (N-methyl/N-ethyl adjacent to an activating group) is 1. The van der Waals surface area contributed by atoms with E-state index < -0.39 is 12.6 Å². The normalized spacial score (nSPS) is 16.8. The van der Waals surface area contributed by atoms with E-state index in [0.29, 0.717) is 33.6 Å². The average molecular weight is 399 g/mol. The maximum absolute atomic E-state index is 13.1. The van der Waals surface area contributed by atoms with Crippen LogP contribution in [0.4, 0.5) is 10.1 Å². The van der Waals surface area contributed by atoms with Gasteiger partial charge < -0.3 is 14.6 Å². The summed E-state index contributed by atoms with van der Waals surface area (Å²) in [5, 5.41) is 11.0. The van der Waals surface area contributed by atoms with Crippen molar-refractivity contribution in [3.05, 3.63) is 64.8 Å². The highest BCUT2D eigenvalue weighted by Crippen LogP contribution is 2.34. The van der Waals surface area contributed by atoms with E-state index in [9.17, 15) is 19.1 Å². The van der Waals surface area contributed by atoms with Gasteiger partial charge in [-0.3, -0.25) is 9.69 Å². The summed E-state index contributed by atoms with van der Waals surface area (Å²) in [4.78, 5) is 29.6. The molecule has 0 aromatic heterocycles. The van der Waals surface area contributed by atoms with Crippen LogP contribution in [-0.4, -0.2) is 35.1 Å². The molecular weight excluding hydrogens is 383 g/mol. The van der Waals surface area contributed by atoms with Crippen molar-refractivity contribution in [3.8, 4) is 5.75 Å². The van der Waals surface area contributed by atoms with Crippen LogP contribution in [0.15, 0.2) is 58.4 Å². The van der Waals surface area contributed by atoms with Gasteiger partial charge in [-0.1, -0.05) is 12.1 Å². The minimum atomic E-state index is -1.31. The summed E-state index contributed by atoms with van der Waals surface area (Å²) in [5.41, 5.74) is 1.24. The first-order chi connectivity index (χ1) is 13.5. The number of carboxylic acid groups (broad SMARTS) is 1. The second-order valence-corrected chi connectivity index (χ2v) is 6.77. The standard InChI is InChI=1S/C20H17FN2O4S/c1-2-23-19(26)17(28-20(23)22-15-8-6-14(21)7-9-15)11-13-4-3-5-16(10-13)27-12-18(24)25/h3-11H,2,12H2,1H3,(H,24,25)/p-1/b17-11+,22-20?. The van der Waals surface area contributed by atoms with Gasteiger partial charge in [0, 0.05) is 6.54 Å². The maximum atomic E-state index is 13.1. The number of ether oxygens (including phenoxy) is 1. The minimum absolute atomic E-state index is 0.186. The van der Waals surface area contributed by atoms with Gasteiger partial charge in [-0.25, -0.2) is 9.38 Å². The van der Waals surface area contributed by atoms with E-state index in [4.69, 9.17) is 4.74 Å². The Morgan fingerprint density at radius 1 is 1.29 bits per heavy atom. The van der Waals surface area contributed by atoms with Crippen LogP contribution in [0.5, 0.6) is 5.75 Å². The molecule has 6 nitrogen and oxygen atoms in total. The number of carbonyl (C=O) groups excluding carboxylic acids is 2. The van der Waals surface area contributed by atoms with E-state index in [1.807, 2.05) is 6.92 Å². The monoisotopic (exact) mass is 399 g/mol. The van der Waals surface area contributed by atoms with Gasteiger partial charge in [0.1, 0.15) is 18.2 Å². The molecule has 0 N–H and O–H groups in total. The number of rotatable bonds is 6. The number of amidine groups is 1. The van der Waals surface area contributed by atoms with Crippen molar-refractivity contribution < 1.29 is 23.8 Å². The summed E-state index contributed by atoms with van der Waals surface area (Å²) in [5.74, 6) is -1.49. The van der Waals surface area contributed by atoms with Crippen LogP contribution in [0.2, 0.25) is 0 Å². The lowest BCUT2D eigenvalue weighted by Gasteiger charge is -2.11. The number of hydrogen-bond acceptors (Lipinski definition) is 6. The second kappa shape index (κ2) is 8.71. The van der Waals surface area contributed by atoms with E-state index >= 15 is 0 Å². The van der Waals surface area contributed by atoms with E-state index in [0.717, 1.165) is 0 Å². The first kappa shape index (κ1) is 19.6. The summed E-state index contributed by atoms with van der Waals surface area (Å²) >= 11 is 1.22. The van der Waals surface area contributed by atoms with E-state index in [2.05, 4.69) is 4.99 Å². The summed E-state index contributed by atoms with van der Waals surface area (Å²) in [6.07, 6.45) is 1.69. The van der Waals surface area contributed by atoms with Crippen LogP contribution < -0.4 is 9.84 Å². The van der Waals surface area contributed by atoms with Crippen molar-refractivity contribution in [1.29, 1.82) is 0 Å². The third kappa shape index (κ3) is 4.77. The predicted molar refractivity (Wildman–Crippen MR) is 103 cm³/mol. The Kier molecular flexibility index (Phi) is 6.10. The molecule has 1 aliphatic rings. The molecule has 0 bridgehead atoms. The third-order valence-electron chi connectivity index (χ3n) is 3.77. The molecule has 0 saturated carbocycles. The molecule has 1 fully saturated rings. The molecule has 0 atom stereocenters. The molecule has 0 radical (unpaired) electrons. The van der Waals surface area contributed by atoms with Gasteiger partial charge >= 0.3 is 0 Å². The summed E-state index contributed by atoms with van der Waals surface area (Å²) in [7, 11) is 0. The van der Waals surface area contributed by atoms with Gasteiger partial charge in [0.05, 0.1) is 16.6 Å². The van der Waals surface area contributed by atoms with Crippen molar-refractivity contribution in [2.24, 2.45) is 4.99 Å². The fourth-order valence-corrected chi connectivity index (χ4v) is 3.55. The van der Waals surface area contributed by atoms with Crippen molar-refractivity contribution in [1.82, 2.24) is 4.90 Å². The van der Waals surface area contributed by atoms with Crippen molar-refractivity contribution >= 4 is 40.6 Å². The Morgan fingerprint density at radius 2 is 2.04 bits per heavy atom. The summed E-state index contributed by atoms with van der Waals surface area (Å²) in [6.45, 7) is 1.74. The molecular formula is C20H16FN2O4S-. The number of nitrogens with zero attached hydrogens (tertiary/aromatic N) is 2. The third-order valence-corrected chi connectivity index (χ3v) is 4.77. The van der Waals surface area contributed by atoms with Gasteiger partial charge in [-0.15, -0.1) is 0 Å². The van der Waals surface area contributed by atoms with Gasteiger partial charge in [0.2, 0.25) is 0 Å². The van der Waals surface area contributed by atoms with Gasteiger partial charge in [-0.2, -0.15) is 0 Å². The first-order valence-corrected chi connectivity index (χ1v) is 9.26. The molecule has 3 rings (SSSR count). The zero-order chi connectivity index (χ0) is 20.1. The molecule has 144 valence electrons. The van der Waals surface area contributed by atoms with Crippen LogP contribution in [0.25, 0.3) is 6.08 Å². The molecule has 1 saturated heterocycles. The lowest BCUT2D eigenvalue weighted by Crippen LogP contribution is -2.28. The SMILES string of the molecule is CCN1C(=O)/C(=C\c2cccc(OCC(=O)[O-])c2)SC1=Nc1ccc(F)cc1. The molecule has 2 aromatic carbocycles. The number of thioether (sulfide) groups is 1. The summed E-state index contributed by atoms with van der Waals surface area (Å²) in [6, 6.07) is 12.4. The van der Waals surface area contributed by atoms with Crippen molar-refractivity contribution in [2.45, 2.75) is 6.92 Å². The Hall–Kier alpha value is -3.13. The Labute approximate surface area is 165 Å². The lowest BCUT2D eigenvalue weighted by molar-refractivity contribution is -0.307. The number of benzene rings is 2. The Balaban J connectivity index is 1.84. The molecule has 1 amide bonds. The summed E-state index contributed by atoms with van der Waals surface area (Å²) < 4.78 is 18.2. The number of halogens is 1. The predicted octanol–water partition coefficient (Wildman–Crippen LogP) is 2.58. The highest BCUT2D eigenvalue weighted by atomic mass is 32.2. The van der Waals surface area contributed by atoms with Crippen LogP contribution in [0.1, 0.15) is 12.5 Å². The molecule has 0 spiro atoms. The fraction of sp³-hybridized carbons (Fsp3) is 0.150. The number of amides is 1.